The molecule has 3 heteroatoms. The minimum atomic E-state index is -0.310. The zero-order chi connectivity index (χ0) is 17.3. The summed E-state index contributed by atoms with van der Waals surface area (Å²) in [6.45, 7) is 5.43. The molecule has 0 amide bonds. The third kappa shape index (κ3) is 3.73. The molecule has 0 saturated heterocycles. The fraction of sp³-hybridized carbons (Fsp3) is 0.727. The summed E-state index contributed by atoms with van der Waals surface area (Å²) >= 11 is 0. The van der Waals surface area contributed by atoms with Crippen LogP contribution < -0.4 is 4.74 Å². The number of hydrogen-bond donors (Lipinski definition) is 1. The van der Waals surface area contributed by atoms with Crippen molar-refractivity contribution in [2.75, 3.05) is 19.7 Å². The van der Waals surface area contributed by atoms with Crippen LogP contribution in [0.1, 0.15) is 51.9 Å². The maximum Gasteiger partial charge on any atom is 0.119 e. The third-order valence-electron chi connectivity index (χ3n) is 6.87. The first kappa shape index (κ1) is 17.4. The van der Waals surface area contributed by atoms with Gasteiger partial charge >= 0.3 is 0 Å². The molecule has 0 radical (unpaired) electrons. The summed E-state index contributed by atoms with van der Waals surface area (Å²) in [7, 11) is 0. The van der Waals surface area contributed by atoms with Crippen LogP contribution in [0.25, 0.3) is 0 Å². The van der Waals surface area contributed by atoms with Gasteiger partial charge in [-0.1, -0.05) is 25.1 Å². The lowest BCUT2D eigenvalue weighted by Gasteiger charge is -2.60. The molecule has 0 heterocycles. The first-order valence-corrected chi connectivity index (χ1v) is 10.3. The summed E-state index contributed by atoms with van der Waals surface area (Å²) in [5.41, 5.74) is -0.310. The Morgan fingerprint density at radius 2 is 1.80 bits per heavy atom. The minimum Gasteiger partial charge on any atom is -0.494 e. The molecule has 4 bridgehead atoms. The van der Waals surface area contributed by atoms with Gasteiger partial charge in [-0.05, 0) is 87.9 Å². The highest BCUT2D eigenvalue weighted by Crippen LogP contribution is 2.56. The molecule has 3 nitrogen and oxygen atoms in total. The van der Waals surface area contributed by atoms with Crippen LogP contribution in [0.2, 0.25) is 0 Å². The van der Waals surface area contributed by atoms with Gasteiger partial charge in [-0.3, -0.25) is 0 Å². The van der Waals surface area contributed by atoms with Gasteiger partial charge in [0, 0.05) is 6.04 Å². The van der Waals surface area contributed by atoms with Crippen molar-refractivity contribution in [2.24, 2.45) is 17.8 Å². The van der Waals surface area contributed by atoms with Gasteiger partial charge in [0.2, 0.25) is 0 Å². The summed E-state index contributed by atoms with van der Waals surface area (Å²) in [4.78, 5) is 2.72. The summed E-state index contributed by atoms with van der Waals surface area (Å²) < 4.78 is 5.82. The molecule has 0 aromatic heterocycles. The van der Waals surface area contributed by atoms with Crippen molar-refractivity contribution in [1.29, 1.82) is 0 Å². The maximum absolute atomic E-state index is 10.8. The minimum absolute atomic E-state index is 0.310. The van der Waals surface area contributed by atoms with E-state index in [2.05, 4.69) is 11.8 Å². The molecule has 2 unspecified atom stereocenters. The largest absolute Gasteiger partial charge is 0.494 e. The van der Waals surface area contributed by atoms with Crippen molar-refractivity contribution in [1.82, 2.24) is 4.90 Å². The molecule has 4 aliphatic carbocycles. The molecule has 25 heavy (non-hydrogen) atoms. The smallest absolute Gasteiger partial charge is 0.119 e. The number of nitrogens with zero attached hydrogens (tertiary/aromatic N) is 1. The molecule has 4 saturated carbocycles. The second-order valence-electron chi connectivity index (χ2n) is 8.68. The van der Waals surface area contributed by atoms with Gasteiger partial charge in [0.15, 0.2) is 0 Å². The van der Waals surface area contributed by atoms with E-state index in [1.165, 1.54) is 25.8 Å². The summed E-state index contributed by atoms with van der Waals surface area (Å²) in [6, 6.07) is 10.8. The van der Waals surface area contributed by atoms with Gasteiger partial charge in [-0.2, -0.15) is 0 Å². The average molecular weight is 344 g/mol. The Balaban J connectivity index is 1.25. The van der Waals surface area contributed by atoms with Gasteiger partial charge in [-0.25, -0.2) is 0 Å². The Morgan fingerprint density at radius 1 is 1.08 bits per heavy atom. The predicted molar refractivity (Wildman–Crippen MR) is 101 cm³/mol. The van der Waals surface area contributed by atoms with Crippen LogP contribution >= 0.6 is 0 Å². The second kappa shape index (κ2) is 7.28. The first-order valence-electron chi connectivity index (χ1n) is 10.3. The summed E-state index contributed by atoms with van der Waals surface area (Å²) in [5.74, 6) is 3.24. The van der Waals surface area contributed by atoms with Crippen molar-refractivity contribution in [3.05, 3.63) is 30.3 Å². The van der Waals surface area contributed by atoms with Crippen LogP contribution in [0.3, 0.4) is 0 Å². The van der Waals surface area contributed by atoms with Gasteiger partial charge < -0.3 is 14.7 Å². The molecule has 0 aliphatic heterocycles. The van der Waals surface area contributed by atoms with E-state index in [0.717, 1.165) is 68.4 Å². The summed E-state index contributed by atoms with van der Waals surface area (Å²) in [6.07, 6.45) is 8.21. The van der Waals surface area contributed by atoms with E-state index in [0.29, 0.717) is 0 Å². The maximum atomic E-state index is 10.8. The van der Waals surface area contributed by atoms with E-state index in [-0.39, 0.29) is 5.60 Å². The highest BCUT2D eigenvalue weighted by Gasteiger charge is 2.55. The van der Waals surface area contributed by atoms with Crippen molar-refractivity contribution < 1.29 is 9.84 Å². The molecule has 4 aliphatic rings. The van der Waals surface area contributed by atoms with Crippen LogP contribution in [0.5, 0.6) is 5.75 Å². The lowest BCUT2D eigenvalue weighted by Crippen LogP contribution is -2.61. The van der Waals surface area contributed by atoms with E-state index in [1.54, 1.807) is 0 Å². The lowest BCUT2D eigenvalue weighted by molar-refractivity contribution is -0.159. The number of unbranched alkanes of at least 4 members (excludes halogenated alkanes) is 1. The van der Waals surface area contributed by atoms with Gasteiger partial charge in [-0.15, -0.1) is 0 Å². The predicted octanol–water partition coefficient (Wildman–Crippen LogP) is 4.11. The van der Waals surface area contributed by atoms with Crippen molar-refractivity contribution >= 4 is 0 Å². The molecule has 1 N–H and O–H groups in total. The van der Waals surface area contributed by atoms with E-state index in [4.69, 9.17) is 4.74 Å². The molecular weight excluding hydrogens is 310 g/mol. The average Bonchev–Trinajstić information content (AvgIpc) is 2.59. The zero-order valence-corrected chi connectivity index (χ0v) is 15.6. The highest BCUT2D eigenvalue weighted by molar-refractivity contribution is 5.20. The van der Waals surface area contributed by atoms with Gasteiger partial charge in [0.25, 0.3) is 0 Å². The van der Waals surface area contributed by atoms with Crippen LogP contribution in [-0.2, 0) is 0 Å². The molecule has 1 aromatic rings. The fourth-order valence-corrected chi connectivity index (χ4v) is 6.19. The van der Waals surface area contributed by atoms with Crippen LogP contribution in [0.15, 0.2) is 30.3 Å². The Labute approximate surface area is 152 Å². The molecule has 2 atom stereocenters. The topological polar surface area (TPSA) is 32.7 Å². The molecule has 5 rings (SSSR count). The van der Waals surface area contributed by atoms with E-state index in [9.17, 15) is 5.11 Å². The van der Waals surface area contributed by atoms with Crippen LogP contribution in [-0.4, -0.2) is 41.3 Å². The molecule has 4 fully saturated rings. The van der Waals surface area contributed by atoms with E-state index < -0.39 is 0 Å². The molecular formula is C22H33NO2. The second-order valence-corrected chi connectivity index (χ2v) is 8.68. The van der Waals surface area contributed by atoms with E-state index >= 15 is 0 Å². The first-order chi connectivity index (χ1) is 12.2. The Bertz CT molecular complexity index is 544. The highest BCUT2D eigenvalue weighted by atomic mass is 16.5. The Hall–Kier alpha value is -1.06. The van der Waals surface area contributed by atoms with Crippen molar-refractivity contribution in [3.8, 4) is 5.75 Å². The number of hydrogen-bond acceptors (Lipinski definition) is 3. The monoisotopic (exact) mass is 343 g/mol. The van der Waals surface area contributed by atoms with Crippen LogP contribution in [0.4, 0.5) is 0 Å². The number of aliphatic hydroxyl groups is 1. The molecule has 0 spiro atoms. The standard InChI is InChI=1S/C22H33NO2/c1-2-23(10-6-7-11-25-20-8-4-3-5-9-20)21-18-12-17-13-19(21)16-22(24,14-17)15-18/h3-5,8-9,17-19,21,24H,2,6-7,10-16H2,1H3. The van der Waals surface area contributed by atoms with Crippen LogP contribution in [0, 0.1) is 17.8 Å². The SMILES string of the molecule is CCN(CCCCOc1ccccc1)C1C2CC3CC1CC(O)(C3)C2. The Kier molecular flexibility index (Phi) is 5.06. The number of rotatable bonds is 8. The number of ether oxygens (including phenoxy) is 1. The normalized spacial score (nSPS) is 36.1. The fourth-order valence-electron chi connectivity index (χ4n) is 6.19. The molecule has 138 valence electrons. The van der Waals surface area contributed by atoms with Gasteiger partial charge in [0.1, 0.15) is 5.75 Å². The van der Waals surface area contributed by atoms with E-state index in [1.807, 2.05) is 30.3 Å². The quantitative estimate of drug-likeness (QED) is 0.721. The number of para-hydroxylation sites is 1. The number of benzene rings is 1. The van der Waals surface area contributed by atoms with Crippen molar-refractivity contribution in [3.63, 3.8) is 0 Å². The zero-order valence-electron chi connectivity index (χ0n) is 15.6. The van der Waals surface area contributed by atoms with Crippen molar-refractivity contribution in [2.45, 2.75) is 63.5 Å². The summed E-state index contributed by atoms with van der Waals surface area (Å²) in [5, 5.41) is 10.8. The van der Waals surface area contributed by atoms with Gasteiger partial charge in [0.05, 0.1) is 12.2 Å². The molecule has 1 aromatic carbocycles. The lowest BCUT2D eigenvalue weighted by atomic mass is 9.52. The third-order valence-corrected chi connectivity index (χ3v) is 6.87. The Morgan fingerprint density at radius 3 is 2.44 bits per heavy atom.